The fraction of sp³-hybridized carbons (Fsp3) is 0.0833. The first-order valence-corrected chi connectivity index (χ1v) is 5.32. The number of nitriles is 1. The highest BCUT2D eigenvalue weighted by molar-refractivity contribution is 5.75. The summed E-state index contributed by atoms with van der Waals surface area (Å²) in [5, 5.41) is 15.9. The zero-order valence-electron chi connectivity index (χ0n) is 9.58. The summed E-state index contributed by atoms with van der Waals surface area (Å²) in [6.45, 7) is 0. The van der Waals surface area contributed by atoms with Crippen molar-refractivity contribution >= 4 is 22.9 Å². The highest BCUT2D eigenvalue weighted by Gasteiger charge is 2.11. The molecule has 18 heavy (non-hydrogen) atoms. The van der Waals surface area contributed by atoms with Gasteiger partial charge in [0.05, 0.1) is 6.20 Å². The van der Waals surface area contributed by atoms with Crippen LogP contribution in [0.3, 0.4) is 0 Å². The minimum absolute atomic E-state index is 0.344. The molecule has 0 aliphatic heterocycles. The molecular weight excluding hydrogens is 230 g/mol. The van der Waals surface area contributed by atoms with Gasteiger partial charge in [-0.2, -0.15) is 15.3 Å². The van der Waals surface area contributed by atoms with Crippen LogP contribution < -0.4 is 5.32 Å². The van der Waals surface area contributed by atoms with E-state index in [4.69, 9.17) is 9.68 Å². The van der Waals surface area contributed by atoms with Crippen LogP contribution in [0.2, 0.25) is 0 Å². The van der Waals surface area contributed by atoms with Gasteiger partial charge in [0.15, 0.2) is 5.58 Å². The summed E-state index contributed by atoms with van der Waals surface area (Å²) in [6, 6.07) is 9.86. The van der Waals surface area contributed by atoms with Gasteiger partial charge in [-0.3, -0.25) is 10.00 Å². The molecule has 88 valence electrons. The van der Waals surface area contributed by atoms with Crippen molar-refractivity contribution in [1.82, 2.24) is 14.8 Å². The Bertz CT molecular complexity index is 716. The molecule has 0 aliphatic rings. The summed E-state index contributed by atoms with van der Waals surface area (Å²) in [7, 11) is 1.74. The number of benzene rings is 1. The van der Waals surface area contributed by atoms with Crippen LogP contribution in [0.1, 0.15) is 5.56 Å². The third-order valence-electron chi connectivity index (χ3n) is 2.58. The van der Waals surface area contributed by atoms with Crippen LogP contribution in [0.25, 0.3) is 11.1 Å². The van der Waals surface area contributed by atoms with Crippen molar-refractivity contribution in [1.29, 1.82) is 5.26 Å². The molecule has 6 heteroatoms. The maximum absolute atomic E-state index is 8.96. The number of nitrogens with zero attached hydrogens (tertiary/aromatic N) is 4. The predicted molar refractivity (Wildman–Crippen MR) is 65.2 cm³/mol. The standard InChI is InChI=1S/C12H9N5O/c1-17-11(8(6-13)7-14-17)16-12-15-9-4-2-3-5-10(9)18-12/h2-5,7H,1H3,(H,15,16). The molecule has 0 fully saturated rings. The van der Waals surface area contributed by atoms with Gasteiger partial charge in [-0.15, -0.1) is 0 Å². The van der Waals surface area contributed by atoms with Gasteiger partial charge in [-0.05, 0) is 12.1 Å². The molecule has 0 aliphatic carbocycles. The van der Waals surface area contributed by atoms with Crippen molar-refractivity contribution in [3.63, 3.8) is 0 Å². The maximum atomic E-state index is 8.96. The molecule has 1 aromatic carbocycles. The zero-order valence-corrected chi connectivity index (χ0v) is 9.58. The van der Waals surface area contributed by atoms with Crippen molar-refractivity contribution in [2.75, 3.05) is 5.32 Å². The smallest absolute Gasteiger partial charge is 0.301 e. The van der Waals surface area contributed by atoms with Crippen molar-refractivity contribution in [3.05, 3.63) is 36.0 Å². The van der Waals surface area contributed by atoms with Crippen molar-refractivity contribution in [2.45, 2.75) is 0 Å². The highest BCUT2D eigenvalue weighted by Crippen LogP contribution is 2.23. The Morgan fingerprint density at radius 3 is 3.00 bits per heavy atom. The fourth-order valence-electron chi connectivity index (χ4n) is 1.69. The van der Waals surface area contributed by atoms with Crippen LogP contribution in [0.15, 0.2) is 34.9 Å². The number of hydrogen-bond acceptors (Lipinski definition) is 5. The third kappa shape index (κ3) is 1.58. The molecule has 2 aromatic heterocycles. The van der Waals surface area contributed by atoms with Crippen LogP contribution in [0.4, 0.5) is 11.8 Å². The Morgan fingerprint density at radius 2 is 2.22 bits per heavy atom. The lowest BCUT2D eigenvalue weighted by molar-refractivity contribution is 0.620. The molecule has 0 saturated heterocycles. The molecule has 0 bridgehead atoms. The summed E-state index contributed by atoms with van der Waals surface area (Å²) in [5.41, 5.74) is 1.90. The number of fused-ring (bicyclic) bond motifs is 1. The number of aromatic nitrogens is 3. The Balaban J connectivity index is 2.01. The van der Waals surface area contributed by atoms with E-state index in [1.54, 1.807) is 11.7 Å². The molecule has 0 saturated carbocycles. The summed E-state index contributed by atoms with van der Waals surface area (Å²) in [5.74, 6) is 0.559. The van der Waals surface area contributed by atoms with Crippen molar-refractivity contribution in [3.8, 4) is 6.07 Å². The molecule has 0 unspecified atom stereocenters. The van der Waals surface area contributed by atoms with E-state index in [-0.39, 0.29) is 0 Å². The van der Waals surface area contributed by atoms with Crippen molar-refractivity contribution in [2.24, 2.45) is 7.05 Å². The summed E-state index contributed by atoms with van der Waals surface area (Å²) < 4.78 is 7.09. The van der Waals surface area contributed by atoms with Crippen LogP contribution >= 0.6 is 0 Å². The van der Waals surface area contributed by atoms with Crippen LogP contribution in [0, 0.1) is 11.3 Å². The zero-order chi connectivity index (χ0) is 12.5. The predicted octanol–water partition coefficient (Wildman–Crippen LogP) is 2.18. The van der Waals surface area contributed by atoms with Crippen LogP contribution in [0.5, 0.6) is 0 Å². The Morgan fingerprint density at radius 1 is 1.39 bits per heavy atom. The second-order valence-corrected chi connectivity index (χ2v) is 3.75. The first-order valence-electron chi connectivity index (χ1n) is 5.32. The van der Waals surface area contributed by atoms with Crippen molar-refractivity contribution < 1.29 is 4.42 Å². The number of anilines is 2. The Hall–Kier alpha value is -2.81. The minimum Gasteiger partial charge on any atom is -0.423 e. The second kappa shape index (κ2) is 3.89. The highest BCUT2D eigenvalue weighted by atomic mass is 16.4. The second-order valence-electron chi connectivity index (χ2n) is 3.75. The molecule has 0 spiro atoms. The van der Waals surface area contributed by atoms with Gasteiger partial charge in [0.1, 0.15) is 23.0 Å². The molecule has 1 N–H and O–H groups in total. The topological polar surface area (TPSA) is 79.7 Å². The van der Waals surface area contributed by atoms with Crippen LogP contribution in [-0.2, 0) is 7.05 Å². The van der Waals surface area contributed by atoms with E-state index in [0.717, 1.165) is 5.52 Å². The van der Waals surface area contributed by atoms with E-state index in [1.165, 1.54) is 6.20 Å². The van der Waals surface area contributed by atoms with E-state index < -0.39 is 0 Å². The molecule has 0 radical (unpaired) electrons. The van der Waals surface area contributed by atoms with Gasteiger partial charge in [-0.1, -0.05) is 12.1 Å². The van der Waals surface area contributed by atoms with Gasteiger partial charge >= 0.3 is 6.01 Å². The molecule has 3 rings (SSSR count). The largest absolute Gasteiger partial charge is 0.423 e. The third-order valence-corrected chi connectivity index (χ3v) is 2.58. The lowest BCUT2D eigenvalue weighted by atomic mass is 10.3. The minimum atomic E-state index is 0.344. The van der Waals surface area contributed by atoms with Gasteiger partial charge < -0.3 is 4.42 Å². The molecule has 2 heterocycles. The molecule has 6 nitrogen and oxygen atoms in total. The van der Waals surface area contributed by atoms with E-state index >= 15 is 0 Å². The van der Waals surface area contributed by atoms with Gasteiger partial charge in [0.2, 0.25) is 0 Å². The van der Waals surface area contributed by atoms with Gasteiger partial charge in [0, 0.05) is 7.05 Å². The van der Waals surface area contributed by atoms with Crippen LogP contribution in [-0.4, -0.2) is 14.8 Å². The average molecular weight is 239 g/mol. The fourth-order valence-corrected chi connectivity index (χ4v) is 1.69. The molecule has 0 amide bonds. The molecule has 3 aromatic rings. The van der Waals surface area contributed by atoms with Gasteiger partial charge in [-0.25, -0.2) is 0 Å². The summed E-state index contributed by atoms with van der Waals surface area (Å²) in [4.78, 5) is 4.28. The average Bonchev–Trinajstić information content (AvgIpc) is 2.94. The lowest BCUT2D eigenvalue weighted by Crippen LogP contribution is -2.00. The number of rotatable bonds is 2. The lowest BCUT2D eigenvalue weighted by Gasteiger charge is -2.01. The Kier molecular flexibility index (Phi) is 2.24. The monoisotopic (exact) mass is 239 g/mol. The summed E-state index contributed by atoms with van der Waals surface area (Å²) in [6.07, 6.45) is 1.49. The van der Waals surface area contributed by atoms with E-state index in [1.807, 2.05) is 24.3 Å². The molecule has 0 atom stereocenters. The number of hydrogen-bond donors (Lipinski definition) is 1. The first kappa shape index (κ1) is 10.4. The number of para-hydroxylation sites is 2. The van der Waals surface area contributed by atoms with E-state index in [0.29, 0.717) is 23.0 Å². The Labute approximate surface area is 102 Å². The van der Waals surface area contributed by atoms with E-state index in [9.17, 15) is 0 Å². The molecular formula is C12H9N5O. The SMILES string of the molecule is Cn1ncc(C#N)c1Nc1nc2ccccc2o1. The van der Waals surface area contributed by atoms with Gasteiger partial charge in [0.25, 0.3) is 0 Å². The number of oxazole rings is 1. The normalized spacial score (nSPS) is 10.4. The first-order chi connectivity index (χ1) is 8.78. The van der Waals surface area contributed by atoms with E-state index in [2.05, 4.69) is 21.5 Å². The summed E-state index contributed by atoms with van der Waals surface area (Å²) >= 11 is 0. The number of aryl methyl sites for hydroxylation is 1. The maximum Gasteiger partial charge on any atom is 0.301 e. The quantitative estimate of drug-likeness (QED) is 0.741. The number of nitrogens with one attached hydrogen (secondary N) is 1.